The van der Waals surface area contributed by atoms with Crippen LogP contribution < -0.4 is 5.73 Å². The zero-order valence-electron chi connectivity index (χ0n) is 6.23. The number of pyridine rings is 1. The molecule has 64 valence electrons. The average Bonchev–Trinajstić information content (AvgIpc) is 1.90. The van der Waals surface area contributed by atoms with Gasteiger partial charge < -0.3 is 5.73 Å². The topological polar surface area (TPSA) is 38.9 Å². The van der Waals surface area contributed by atoms with Gasteiger partial charge in [-0.3, -0.25) is 4.98 Å². The van der Waals surface area contributed by atoms with Crippen LogP contribution in [0.25, 0.3) is 0 Å². The van der Waals surface area contributed by atoms with Crippen LogP contribution in [0.15, 0.2) is 24.5 Å². The number of nitrogens with two attached hydrogens (primary N) is 1. The molecule has 11 heavy (non-hydrogen) atoms. The minimum Gasteiger partial charge on any atom is -0.324 e. The molecule has 1 rings (SSSR count). The second kappa shape index (κ2) is 6.40. The van der Waals surface area contributed by atoms with E-state index in [0.717, 1.165) is 5.56 Å². The van der Waals surface area contributed by atoms with E-state index in [4.69, 9.17) is 5.73 Å². The Bertz CT molecular complexity index is 177. The minimum absolute atomic E-state index is 0. The van der Waals surface area contributed by atoms with Gasteiger partial charge in [-0.15, -0.1) is 24.8 Å². The van der Waals surface area contributed by atoms with Crippen molar-refractivity contribution in [3.63, 3.8) is 0 Å². The van der Waals surface area contributed by atoms with E-state index in [1.165, 1.54) is 0 Å². The monoisotopic (exact) mass is 194 g/mol. The molecule has 0 fully saturated rings. The normalized spacial score (nSPS) is 10.7. The molecule has 0 spiro atoms. The lowest BCUT2D eigenvalue weighted by molar-refractivity contribution is 0.811. The molecule has 1 heterocycles. The first-order valence-corrected chi connectivity index (χ1v) is 2.96. The van der Waals surface area contributed by atoms with E-state index in [9.17, 15) is 0 Å². The Labute approximate surface area is 79.0 Å². The second-order valence-corrected chi connectivity index (χ2v) is 2.08. The Kier molecular flexibility index (Phi) is 7.74. The highest BCUT2D eigenvalue weighted by molar-refractivity contribution is 5.85. The van der Waals surface area contributed by atoms with Crippen LogP contribution in [0.3, 0.4) is 0 Å². The molecule has 0 saturated carbocycles. The van der Waals surface area contributed by atoms with Gasteiger partial charge in [0.25, 0.3) is 0 Å². The summed E-state index contributed by atoms with van der Waals surface area (Å²) in [5.41, 5.74) is 6.65. The molecule has 0 radical (unpaired) electrons. The van der Waals surface area contributed by atoms with Gasteiger partial charge in [-0.25, -0.2) is 0 Å². The lowest BCUT2D eigenvalue weighted by Crippen LogP contribution is -2.04. The van der Waals surface area contributed by atoms with E-state index in [0.29, 0.717) is 0 Å². The van der Waals surface area contributed by atoms with Gasteiger partial charge in [0.15, 0.2) is 0 Å². The molecule has 1 aromatic heterocycles. The Hall–Kier alpha value is -0.310. The van der Waals surface area contributed by atoms with Gasteiger partial charge in [0, 0.05) is 18.4 Å². The van der Waals surface area contributed by atoms with E-state index in [1.807, 2.05) is 19.1 Å². The molecule has 0 saturated heterocycles. The molecule has 0 aromatic carbocycles. The predicted octanol–water partition coefficient (Wildman–Crippen LogP) is 1.94. The summed E-state index contributed by atoms with van der Waals surface area (Å²) in [7, 11) is 0. The van der Waals surface area contributed by atoms with Crippen molar-refractivity contribution in [2.45, 2.75) is 13.0 Å². The van der Waals surface area contributed by atoms with Crippen LogP contribution in [0, 0.1) is 0 Å². The summed E-state index contributed by atoms with van der Waals surface area (Å²) in [6.45, 7) is 1.94. The highest BCUT2D eigenvalue weighted by Crippen LogP contribution is 2.04. The zero-order chi connectivity index (χ0) is 6.69. The number of halogens is 2. The maximum Gasteiger partial charge on any atom is 0.0315 e. The fraction of sp³-hybridized carbons (Fsp3) is 0.286. The fourth-order valence-corrected chi connectivity index (χ4v) is 0.645. The predicted molar refractivity (Wildman–Crippen MR) is 51.3 cm³/mol. The molecule has 0 unspecified atom stereocenters. The third-order valence-electron chi connectivity index (χ3n) is 1.21. The van der Waals surface area contributed by atoms with E-state index in [2.05, 4.69) is 4.98 Å². The molecule has 1 aromatic rings. The molecule has 0 aliphatic heterocycles. The quantitative estimate of drug-likeness (QED) is 0.743. The van der Waals surface area contributed by atoms with Crippen LogP contribution in [0.1, 0.15) is 18.5 Å². The Balaban J connectivity index is 0. The number of hydrogen-bond acceptors (Lipinski definition) is 2. The van der Waals surface area contributed by atoms with Gasteiger partial charge in [0.1, 0.15) is 0 Å². The van der Waals surface area contributed by atoms with Crippen LogP contribution in [0.4, 0.5) is 0 Å². The molecule has 0 aliphatic carbocycles. The van der Waals surface area contributed by atoms with Gasteiger partial charge >= 0.3 is 0 Å². The van der Waals surface area contributed by atoms with Gasteiger partial charge in [0.2, 0.25) is 0 Å². The van der Waals surface area contributed by atoms with Gasteiger partial charge in [-0.05, 0) is 18.6 Å². The van der Waals surface area contributed by atoms with Crippen molar-refractivity contribution < 1.29 is 0 Å². The summed E-state index contributed by atoms with van der Waals surface area (Å²) in [5.74, 6) is 0. The Morgan fingerprint density at radius 2 is 2.09 bits per heavy atom. The van der Waals surface area contributed by atoms with Gasteiger partial charge in [-0.2, -0.15) is 0 Å². The highest BCUT2D eigenvalue weighted by atomic mass is 35.5. The molecular weight excluding hydrogens is 183 g/mol. The molecule has 4 heteroatoms. The summed E-state index contributed by atoms with van der Waals surface area (Å²) in [6.07, 6.45) is 3.52. The number of rotatable bonds is 1. The van der Waals surface area contributed by atoms with E-state index in [1.54, 1.807) is 12.4 Å². The Morgan fingerprint density at radius 1 is 1.45 bits per heavy atom. The summed E-state index contributed by atoms with van der Waals surface area (Å²) in [6, 6.07) is 3.95. The van der Waals surface area contributed by atoms with Crippen molar-refractivity contribution in [1.82, 2.24) is 4.98 Å². The maximum atomic E-state index is 5.57. The molecule has 0 amide bonds. The first kappa shape index (κ1) is 13.3. The van der Waals surface area contributed by atoms with Crippen molar-refractivity contribution in [2.24, 2.45) is 5.73 Å². The molecule has 2 nitrogen and oxygen atoms in total. The highest BCUT2D eigenvalue weighted by Gasteiger charge is 1.94. The van der Waals surface area contributed by atoms with Crippen molar-refractivity contribution in [1.29, 1.82) is 0 Å². The van der Waals surface area contributed by atoms with Gasteiger partial charge in [0.05, 0.1) is 0 Å². The van der Waals surface area contributed by atoms with Crippen molar-refractivity contribution >= 4 is 24.8 Å². The summed E-state index contributed by atoms with van der Waals surface area (Å²) in [4.78, 5) is 3.93. The van der Waals surface area contributed by atoms with Crippen LogP contribution >= 0.6 is 24.8 Å². The maximum absolute atomic E-state index is 5.57. The molecule has 0 aliphatic rings. The summed E-state index contributed by atoms with van der Waals surface area (Å²) in [5, 5.41) is 0. The molecular formula is C7H12Cl2N2. The minimum atomic E-state index is 0. The van der Waals surface area contributed by atoms with E-state index < -0.39 is 0 Å². The lowest BCUT2D eigenvalue weighted by Gasteiger charge is -2.01. The third kappa shape index (κ3) is 4.19. The molecule has 2 N–H and O–H groups in total. The molecule has 0 bridgehead atoms. The number of hydrogen-bond donors (Lipinski definition) is 1. The largest absolute Gasteiger partial charge is 0.324 e. The third-order valence-corrected chi connectivity index (χ3v) is 1.21. The van der Waals surface area contributed by atoms with Crippen molar-refractivity contribution in [3.05, 3.63) is 30.1 Å². The second-order valence-electron chi connectivity index (χ2n) is 2.08. The fourth-order valence-electron chi connectivity index (χ4n) is 0.645. The SMILES string of the molecule is C[C@H](N)c1cccnc1.Cl.Cl. The summed E-state index contributed by atoms with van der Waals surface area (Å²) < 4.78 is 0. The van der Waals surface area contributed by atoms with Gasteiger partial charge in [-0.1, -0.05) is 6.07 Å². The first-order chi connectivity index (χ1) is 4.30. The number of nitrogens with zero attached hydrogens (tertiary/aromatic N) is 1. The van der Waals surface area contributed by atoms with Crippen LogP contribution in [0.5, 0.6) is 0 Å². The number of aromatic nitrogens is 1. The lowest BCUT2D eigenvalue weighted by atomic mass is 10.2. The smallest absolute Gasteiger partial charge is 0.0315 e. The standard InChI is InChI=1S/C7H10N2.2ClH/c1-6(8)7-3-2-4-9-5-7;;/h2-6H,8H2,1H3;2*1H/t6-;;/m0../s1. The van der Waals surface area contributed by atoms with E-state index in [-0.39, 0.29) is 30.9 Å². The van der Waals surface area contributed by atoms with Crippen molar-refractivity contribution in [3.8, 4) is 0 Å². The Morgan fingerprint density at radius 3 is 2.36 bits per heavy atom. The zero-order valence-corrected chi connectivity index (χ0v) is 7.86. The van der Waals surface area contributed by atoms with Crippen LogP contribution in [-0.2, 0) is 0 Å². The molecule has 1 atom stereocenters. The van der Waals surface area contributed by atoms with Crippen LogP contribution in [-0.4, -0.2) is 4.98 Å². The average molecular weight is 195 g/mol. The summed E-state index contributed by atoms with van der Waals surface area (Å²) >= 11 is 0. The van der Waals surface area contributed by atoms with Crippen molar-refractivity contribution in [2.75, 3.05) is 0 Å². The first-order valence-electron chi connectivity index (χ1n) is 2.96. The van der Waals surface area contributed by atoms with E-state index >= 15 is 0 Å². The van der Waals surface area contributed by atoms with Crippen LogP contribution in [0.2, 0.25) is 0 Å².